The summed E-state index contributed by atoms with van der Waals surface area (Å²) in [6.45, 7) is 4.66. The van der Waals surface area contributed by atoms with E-state index in [0.717, 1.165) is 0 Å². The average Bonchev–Trinajstić information content (AvgIpc) is 1.99. The van der Waals surface area contributed by atoms with Crippen LogP contribution in [0.1, 0.15) is 13.8 Å². The lowest BCUT2D eigenvalue weighted by atomic mass is 10.3. The van der Waals surface area contributed by atoms with E-state index in [-0.39, 0.29) is 12.3 Å². The van der Waals surface area contributed by atoms with Crippen molar-refractivity contribution in [2.24, 2.45) is 0 Å². The molecule has 2 atom stereocenters. The Kier molecular flexibility index (Phi) is 5.58. The third kappa shape index (κ3) is 3.15. The summed E-state index contributed by atoms with van der Waals surface area (Å²) >= 11 is 0. The van der Waals surface area contributed by atoms with Crippen LogP contribution in [-0.4, -0.2) is 33.1 Å². The lowest BCUT2D eigenvalue weighted by Gasteiger charge is -2.21. The Labute approximate surface area is 62.7 Å². The van der Waals surface area contributed by atoms with E-state index in [4.69, 9.17) is 9.47 Å². The van der Waals surface area contributed by atoms with Gasteiger partial charge in [-0.1, -0.05) is 0 Å². The van der Waals surface area contributed by atoms with E-state index < -0.39 is 0 Å². The molecule has 0 spiro atoms. The summed E-state index contributed by atoms with van der Waals surface area (Å²) in [4.78, 5) is 0. The minimum absolute atomic E-state index is 0.130. The van der Waals surface area contributed by atoms with E-state index in [1.54, 1.807) is 7.11 Å². The zero-order valence-electron chi connectivity index (χ0n) is 7.18. The van der Waals surface area contributed by atoms with Crippen LogP contribution in [0.15, 0.2) is 0 Å². The molecule has 0 unspecified atom stereocenters. The summed E-state index contributed by atoms with van der Waals surface area (Å²) in [6, 6.07) is 0.241. The lowest BCUT2D eigenvalue weighted by molar-refractivity contribution is -0.134. The molecule has 0 heterocycles. The highest BCUT2D eigenvalue weighted by Crippen LogP contribution is 1.98. The fraction of sp³-hybridized carbons (Fsp3) is 1.00. The number of methoxy groups -OCH3 is 1. The largest absolute Gasteiger partial charge is 0.354 e. The van der Waals surface area contributed by atoms with Gasteiger partial charge in [-0.2, -0.15) is 0 Å². The molecular weight excluding hydrogens is 130 g/mol. The molecule has 0 aliphatic heterocycles. The van der Waals surface area contributed by atoms with Crippen LogP contribution < -0.4 is 5.32 Å². The second-order valence-corrected chi connectivity index (χ2v) is 2.14. The molecule has 10 heavy (non-hydrogen) atoms. The maximum atomic E-state index is 5.26. The molecule has 62 valence electrons. The number of ether oxygens (including phenoxy) is 2. The highest BCUT2D eigenvalue weighted by molar-refractivity contribution is 4.60. The molecule has 3 heteroatoms. The monoisotopic (exact) mass is 147 g/mol. The fourth-order valence-electron chi connectivity index (χ4n) is 0.717. The number of hydrogen-bond acceptors (Lipinski definition) is 3. The van der Waals surface area contributed by atoms with Gasteiger partial charge in [-0.05, 0) is 20.9 Å². The van der Waals surface area contributed by atoms with Gasteiger partial charge in [0.25, 0.3) is 0 Å². The molecule has 0 bridgehead atoms. The smallest absolute Gasteiger partial charge is 0.172 e. The second-order valence-electron chi connectivity index (χ2n) is 2.14. The van der Waals surface area contributed by atoms with Crippen molar-refractivity contribution < 1.29 is 9.47 Å². The van der Waals surface area contributed by atoms with Crippen molar-refractivity contribution in [1.29, 1.82) is 0 Å². The van der Waals surface area contributed by atoms with Crippen LogP contribution in [-0.2, 0) is 9.47 Å². The minimum atomic E-state index is -0.130. The van der Waals surface area contributed by atoms with Crippen LogP contribution in [0, 0.1) is 0 Å². The third-order valence-corrected chi connectivity index (χ3v) is 1.43. The Balaban J connectivity index is 3.56. The first-order valence-electron chi connectivity index (χ1n) is 3.57. The second kappa shape index (κ2) is 5.65. The van der Waals surface area contributed by atoms with Crippen LogP contribution >= 0.6 is 0 Å². The highest BCUT2D eigenvalue weighted by Gasteiger charge is 2.13. The van der Waals surface area contributed by atoms with Crippen LogP contribution in [0.2, 0.25) is 0 Å². The number of likely N-dealkylation sites (N-methyl/N-ethyl adjacent to an activating group) is 1. The number of nitrogens with one attached hydrogen (secondary N) is 1. The highest BCUT2D eigenvalue weighted by atomic mass is 16.7. The lowest BCUT2D eigenvalue weighted by Crippen LogP contribution is -2.38. The molecule has 0 saturated carbocycles. The Morgan fingerprint density at radius 3 is 2.40 bits per heavy atom. The minimum Gasteiger partial charge on any atom is -0.354 e. The fourth-order valence-corrected chi connectivity index (χ4v) is 0.717. The van der Waals surface area contributed by atoms with Crippen molar-refractivity contribution in [3.8, 4) is 0 Å². The molecule has 0 aromatic carbocycles. The summed E-state index contributed by atoms with van der Waals surface area (Å²) in [5, 5.41) is 3.05. The van der Waals surface area contributed by atoms with Gasteiger partial charge in [0.2, 0.25) is 0 Å². The number of rotatable bonds is 5. The maximum absolute atomic E-state index is 5.26. The van der Waals surface area contributed by atoms with Gasteiger partial charge in [0.15, 0.2) is 6.29 Å². The summed E-state index contributed by atoms with van der Waals surface area (Å²) in [5.41, 5.74) is 0. The van der Waals surface area contributed by atoms with Gasteiger partial charge in [-0.25, -0.2) is 0 Å². The first-order valence-corrected chi connectivity index (χ1v) is 3.57. The first kappa shape index (κ1) is 9.88. The van der Waals surface area contributed by atoms with Crippen molar-refractivity contribution >= 4 is 0 Å². The van der Waals surface area contributed by atoms with Gasteiger partial charge in [-0.3, -0.25) is 0 Å². The van der Waals surface area contributed by atoms with Crippen molar-refractivity contribution in [3.05, 3.63) is 0 Å². The maximum Gasteiger partial charge on any atom is 0.172 e. The van der Waals surface area contributed by atoms with E-state index in [9.17, 15) is 0 Å². The molecule has 0 fully saturated rings. The standard InChI is InChI=1S/C7H17NO2/c1-5-10-7(9-4)6(2)8-3/h6-8H,5H2,1-4H3/t6-,7+/m1/s1. The van der Waals surface area contributed by atoms with Crippen molar-refractivity contribution in [3.63, 3.8) is 0 Å². The van der Waals surface area contributed by atoms with Crippen molar-refractivity contribution in [2.45, 2.75) is 26.2 Å². The summed E-state index contributed by atoms with van der Waals surface area (Å²) in [5.74, 6) is 0. The molecule has 0 aromatic rings. The van der Waals surface area contributed by atoms with E-state index in [0.29, 0.717) is 6.61 Å². The Hall–Kier alpha value is -0.120. The molecule has 0 aromatic heterocycles. The van der Waals surface area contributed by atoms with Gasteiger partial charge in [0.05, 0.1) is 6.04 Å². The molecule has 1 N–H and O–H groups in total. The van der Waals surface area contributed by atoms with E-state index >= 15 is 0 Å². The van der Waals surface area contributed by atoms with E-state index in [1.165, 1.54) is 0 Å². The van der Waals surface area contributed by atoms with Crippen LogP contribution in [0.5, 0.6) is 0 Å². The molecule has 0 amide bonds. The SMILES string of the molecule is CCO[C@H](OC)[C@@H](C)NC. The molecule has 3 nitrogen and oxygen atoms in total. The van der Waals surface area contributed by atoms with Crippen LogP contribution in [0.4, 0.5) is 0 Å². The summed E-state index contributed by atoms with van der Waals surface area (Å²) in [7, 11) is 3.53. The van der Waals surface area contributed by atoms with Gasteiger partial charge >= 0.3 is 0 Å². The first-order chi connectivity index (χ1) is 4.76. The van der Waals surface area contributed by atoms with Crippen LogP contribution in [0.25, 0.3) is 0 Å². The average molecular weight is 147 g/mol. The predicted molar refractivity (Wildman–Crippen MR) is 40.9 cm³/mol. The van der Waals surface area contributed by atoms with Gasteiger partial charge in [-0.15, -0.1) is 0 Å². The van der Waals surface area contributed by atoms with E-state index in [2.05, 4.69) is 5.32 Å². The molecule has 0 saturated heterocycles. The molecule has 0 rings (SSSR count). The summed E-state index contributed by atoms with van der Waals surface area (Å²) < 4.78 is 10.3. The van der Waals surface area contributed by atoms with Gasteiger partial charge in [0, 0.05) is 13.7 Å². The third-order valence-electron chi connectivity index (χ3n) is 1.43. The molecule has 0 radical (unpaired) electrons. The van der Waals surface area contributed by atoms with Gasteiger partial charge < -0.3 is 14.8 Å². The summed E-state index contributed by atoms with van der Waals surface area (Å²) in [6.07, 6.45) is -0.130. The molecular formula is C7H17NO2. The Morgan fingerprint density at radius 1 is 1.50 bits per heavy atom. The Morgan fingerprint density at radius 2 is 2.10 bits per heavy atom. The van der Waals surface area contributed by atoms with E-state index in [1.807, 2.05) is 20.9 Å². The number of hydrogen-bond donors (Lipinski definition) is 1. The van der Waals surface area contributed by atoms with Crippen LogP contribution in [0.3, 0.4) is 0 Å². The zero-order valence-corrected chi connectivity index (χ0v) is 7.18. The normalized spacial score (nSPS) is 16.8. The quantitative estimate of drug-likeness (QED) is 0.578. The topological polar surface area (TPSA) is 30.5 Å². The zero-order chi connectivity index (χ0) is 7.98. The molecule has 0 aliphatic carbocycles. The predicted octanol–water partition coefficient (Wildman–Crippen LogP) is 0.603. The molecule has 0 aliphatic rings. The van der Waals surface area contributed by atoms with Crippen molar-refractivity contribution in [2.75, 3.05) is 20.8 Å². The van der Waals surface area contributed by atoms with Crippen molar-refractivity contribution in [1.82, 2.24) is 5.32 Å². The van der Waals surface area contributed by atoms with Gasteiger partial charge in [0.1, 0.15) is 0 Å². The Bertz CT molecular complexity index is 78.0.